The number of rotatable bonds is 6. The molecule has 0 fully saturated rings. The summed E-state index contributed by atoms with van der Waals surface area (Å²) < 4.78 is 28.8. The number of nitrogens with two attached hydrogens (primary N) is 1. The number of hydrogen-bond acceptors (Lipinski definition) is 6. The number of aromatic nitrogens is 4. The van der Waals surface area contributed by atoms with E-state index in [-0.39, 0.29) is 22.6 Å². The van der Waals surface area contributed by atoms with Crippen LogP contribution >= 0.6 is 0 Å². The van der Waals surface area contributed by atoms with Gasteiger partial charge in [0.05, 0.1) is 17.1 Å². The van der Waals surface area contributed by atoms with E-state index < -0.39 is 22.2 Å². The van der Waals surface area contributed by atoms with Gasteiger partial charge < -0.3 is 5.32 Å². The highest BCUT2D eigenvalue weighted by molar-refractivity contribution is 7.90. The van der Waals surface area contributed by atoms with Crippen LogP contribution in [0.25, 0.3) is 22.1 Å². The van der Waals surface area contributed by atoms with Crippen LogP contribution in [0.5, 0.6) is 0 Å². The number of benzene rings is 2. The van der Waals surface area contributed by atoms with Crippen molar-refractivity contribution in [2.45, 2.75) is 38.6 Å². The number of hydrogen-bond donors (Lipinski definition) is 3. The molecule has 4 N–H and O–H groups in total. The first-order valence-corrected chi connectivity index (χ1v) is 14.9. The Balaban J connectivity index is 1.57. The van der Waals surface area contributed by atoms with Gasteiger partial charge in [0, 0.05) is 23.6 Å². The van der Waals surface area contributed by atoms with E-state index in [0.29, 0.717) is 28.8 Å². The molecule has 0 saturated carbocycles. The fourth-order valence-electron chi connectivity index (χ4n) is 5.82. The molecule has 0 saturated heterocycles. The summed E-state index contributed by atoms with van der Waals surface area (Å²) in [4.78, 5) is 32.4. The number of para-hydroxylation sites is 1. The first kappa shape index (κ1) is 27.2. The molecular formula is C30H27N7O4S. The van der Waals surface area contributed by atoms with E-state index in [1.165, 1.54) is 16.9 Å². The van der Waals surface area contributed by atoms with Crippen LogP contribution in [0.4, 0.5) is 5.82 Å². The number of amides is 1. The summed E-state index contributed by atoms with van der Waals surface area (Å²) in [7, 11) is -4.25. The van der Waals surface area contributed by atoms with Crippen molar-refractivity contribution in [3.05, 3.63) is 99.2 Å². The fraction of sp³-hybridized carbons (Fsp3) is 0.200. The van der Waals surface area contributed by atoms with Crippen LogP contribution in [0.15, 0.2) is 65.7 Å². The zero-order valence-electron chi connectivity index (χ0n) is 22.7. The molecule has 0 radical (unpaired) electrons. The van der Waals surface area contributed by atoms with Crippen LogP contribution in [-0.2, 0) is 23.1 Å². The van der Waals surface area contributed by atoms with Gasteiger partial charge in [-0.2, -0.15) is 8.42 Å². The second kappa shape index (κ2) is 10.4. The summed E-state index contributed by atoms with van der Waals surface area (Å²) >= 11 is 0. The minimum Gasteiger partial charge on any atom is -0.344 e. The summed E-state index contributed by atoms with van der Waals surface area (Å²) in [6.45, 7) is 1.79. The third-order valence-electron chi connectivity index (χ3n) is 7.47. The molecule has 1 aliphatic carbocycles. The zero-order valence-corrected chi connectivity index (χ0v) is 23.5. The Morgan fingerprint density at radius 1 is 1.10 bits per heavy atom. The van der Waals surface area contributed by atoms with E-state index in [4.69, 9.17) is 11.6 Å². The predicted octanol–water partition coefficient (Wildman–Crippen LogP) is 3.00. The maximum atomic E-state index is 14.3. The SMILES string of the molecule is C#Cc1ccc2c3c(c([C@H](C)NC(=O)c4c(NS(N)(=O)=O)nn5cccnc45)n(-c4ccccc4)c(=O)c13)CCCC2. The Bertz CT molecular complexity index is 2090. The second-order valence-electron chi connectivity index (χ2n) is 10.2. The van der Waals surface area contributed by atoms with Gasteiger partial charge in [-0.3, -0.25) is 18.9 Å². The minimum absolute atomic E-state index is 0.105. The van der Waals surface area contributed by atoms with E-state index >= 15 is 0 Å². The molecular weight excluding hydrogens is 554 g/mol. The summed E-state index contributed by atoms with van der Waals surface area (Å²) in [5.74, 6) is 1.78. The van der Waals surface area contributed by atoms with Gasteiger partial charge in [0.15, 0.2) is 11.5 Å². The number of anilines is 1. The molecule has 3 aromatic heterocycles. The van der Waals surface area contributed by atoms with E-state index in [2.05, 4.69) is 26.0 Å². The van der Waals surface area contributed by atoms with Crippen LogP contribution < -0.4 is 20.7 Å². The van der Waals surface area contributed by atoms with Crippen LogP contribution in [0, 0.1) is 12.3 Å². The smallest absolute Gasteiger partial charge is 0.297 e. The van der Waals surface area contributed by atoms with Gasteiger partial charge in [-0.25, -0.2) is 14.6 Å². The number of terminal acetylenes is 1. The van der Waals surface area contributed by atoms with E-state index in [9.17, 15) is 18.0 Å². The van der Waals surface area contributed by atoms with Gasteiger partial charge >= 0.3 is 0 Å². The molecule has 11 nitrogen and oxygen atoms in total. The van der Waals surface area contributed by atoms with Crippen molar-refractivity contribution < 1.29 is 13.2 Å². The molecule has 2 aromatic carbocycles. The highest BCUT2D eigenvalue weighted by Crippen LogP contribution is 2.35. The van der Waals surface area contributed by atoms with Crippen molar-refractivity contribution in [2.24, 2.45) is 5.14 Å². The van der Waals surface area contributed by atoms with Gasteiger partial charge in [0.1, 0.15) is 5.56 Å². The molecule has 0 spiro atoms. The second-order valence-corrected chi connectivity index (χ2v) is 11.5. The third kappa shape index (κ3) is 4.68. The number of nitrogens with zero attached hydrogens (tertiary/aromatic N) is 4. The summed E-state index contributed by atoms with van der Waals surface area (Å²) in [6.07, 6.45) is 12.2. The molecule has 0 aliphatic heterocycles. The molecule has 0 unspecified atom stereocenters. The number of nitrogens with one attached hydrogen (secondary N) is 2. The number of aryl methyl sites for hydroxylation is 2. The molecule has 1 aliphatic rings. The quantitative estimate of drug-likeness (QED) is 0.262. The van der Waals surface area contributed by atoms with Gasteiger partial charge in [-0.15, -0.1) is 11.5 Å². The maximum Gasteiger partial charge on any atom is 0.297 e. The lowest BCUT2D eigenvalue weighted by molar-refractivity contribution is 0.0941. The van der Waals surface area contributed by atoms with Gasteiger partial charge in [0.25, 0.3) is 21.7 Å². The average molecular weight is 582 g/mol. The summed E-state index contributed by atoms with van der Waals surface area (Å²) in [6, 6.07) is 13.9. The van der Waals surface area contributed by atoms with Crippen molar-refractivity contribution in [2.75, 3.05) is 4.72 Å². The van der Waals surface area contributed by atoms with E-state index in [1.807, 2.05) is 42.5 Å². The van der Waals surface area contributed by atoms with Gasteiger partial charge in [-0.05, 0) is 73.4 Å². The van der Waals surface area contributed by atoms with Crippen LogP contribution in [0.1, 0.15) is 58.5 Å². The molecule has 1 amide bonds. The van der Waals surface area contributed by atoms with Crippen LogP contribution in [0.3, 0.4) is 0 Å². The van der Waals surface area contributed by atoms with Crippen molar-refractivity contribution in [3.8, 4) is 18.0 Å². The molecule has 5 aromatic rings. The highest BCUT2D eigenvalue weighted by atomic mass is 32.2. The molecule has 0 bridgehead atoms. The Morgan fingerprint density at radius 2 is 1.86 bits per heavy atom. The molecule has 212 valence electrons. The summed E-state index contributed by atoms with van der Waals surface area (Å²) in [5.41, 5.74) is 3.50. The monoisotopic (exact) mass is 581 g/mol. The van der Waals surface area contributed by atoms with Crippen LogP contribution in [-0.4, -0.2) is 33.5 Å². The molecule has 1 atom stereocenters. The largest absolute Gasteiger partial charge is 0.344 e. The number of pyridine rings is 1. The Kier molecular flexibility index (Phi) is 6.76. The topological polar surface area (TPSA) is 153 Å². The van der Waals surface area contributed by atoms with Crippen molar-refractivity contribution in [3.63, 3.8) is 0 Å². The molecule has 12 heteroatoms. The maximum absolute atomic E-state index is 14.3. The lowest BCUT2D eigenvalue weighted by Crippen LogP contribution is -2.34. The third-order valence-corrected chi connectivity index (χ3v) is 7.95. The molecule has 3 heterocycles. The fourth-order valence-corrected chi connectivity index (χ4v) is 6.24. The zero-order chi connectivity index (χ0) is 29.6. The average Bonchev–Trinajstić information content (AvgIpc) is 3.18. The standard InChI is InChI=1S/C30H27N7O4S/c1-3-19-14-15-20-10-7-8-13-22-23(20)24(19)30(39)37(21-11-5-4-6-12-21)26(22)18(2)33-29(38)25-27(35-42(31,40)41)34-36-17-9-16-32-28(25)36/h1,4-6,9,11-12,14-18H,7-8,10,13H2,2H3,(H,33,38)(H,34,35)(H2,31,40,41)/t18-/m0/s1. The Labute approximate surface area is 241 Å². The number of carbonyl (C=O) groups excluding carboxylic acids is 1. The Hall–Kier alpha value is -4.99. The highest BCUT2D eigenvalue weighted by Gasteiger charge is 2.29. The molecule has 6 rings (SSSR count). The number of carbonyl (C=O) groups is 1. The Morgan fingerprint density at radius 3 is 2.60 bits per heavy atom. The normalized spacial score (nSPS) is 13.8. The van der Waals surface area contributed by atoms with Gasteiger partial charge in [0.2, 0.25) is 0 Å². The minimum atomic E-state index is -4.25. The van der Waals surface area contributed by atoms with Crippen molar-refractivity contribution in [1.82, 2.24) is 24.5 Å². The van der Waals surface area contributed by atoms with Crippen LogP contribution in [0.2, 0.25) is 0 Å². The van der Waals surface area contributed by atoms with E-state index in [0.717, 1.165) is 35.8 Å². The van der Waals surface area contributed by atoms with Gasteiger partial charge in [-0.1, -0.05) is 30.2 Å². The first-order valence-electron chi connectivity index (χ1n) is 13.4. The predicted molar refractivity (Wildman–Crippen MR) is 160 cm³/mol. The lowest BCUT2D eigenvalue weighted by Gasteiger charge is -2.25. The first-order chi connectivity index (χ1) is 20.2. The molecule has 42 heavy (non-hydrogen) atoms. The lowest BCUT2D eigenvalue weighted by atomic mass is 9.92. The number of fused-ring (bicyclic) bond motifs is 1. The van der Waals surface area contributed by atoms with Crippen molar-refractivity contribution in [1.29, 1.82) is 0 Å². The van der Waals surface area contributed by atoms with Crippen molar-refractivity contribution >= 4 is 38.4 Å². The van der Waals surface area contributed by atoms with E-state index in [1.54, 1.807) is 17.6 Å². The summed E-state index contributed by atoms with van der Waals surface area (Å²) in [5, 5.41) is 13.7.